The molecule has 0 spiro atoms. The van der Waals surface area contributed by atoms with E-state index in [1.54, 1.807) is 11.8 Å². The highest BCUT2D eigenvalue weighted by Crippen LogP contribution is 2.31. The van der Waals surface area contributed by atoms with Crippen LogP contribution in [0.2, 0.25) is 5.02 Å². The van der Waals surface area contributed by atoms with E-state index >= 15 is 0 Å². The molecule has 3 N–H and O–H groups in total. The van der Waals surface area contributed by atoms with Crippen LogP contribution >= 0.6 is 39.3 Å². The van der Waals surface area contributed by atoms with Gasteiger partial charge in [-0.3, -0.25) is 0 Å². The summed E-state index contributed by atoms with van der Waals surface area (Å²) in [4.78, 5) is 0.0663. The topological polar surface area (TPSA) is 72.2 Å². The van der Waals surface area contributed by atoms with E-state index in [4.69, 9.17) is 17.3 Å². The first-order valence-electron chi connectivity index (χ1n) is 5.11. The van der Waals surface area contributed by atoms with E-state index in [9.17, 15) is 8.42 Å². The van der Waals surface area contributed by atoms with Crippen molar-refractivity contribution in [3.8, 4) is 0 Å². The third-order valence-electron chi connectivity index (χ3n) is 2.14. The van der Waals surface area contributed by atoms with Crippen molar-refractivity contribution in [2.45, 2.75) is 11.3 Å². The Morgan fingerprint density at radius 1 is 1.50 bits per heavy atom. The van der Waals surface area contributed by atoms with Gasteiger partial charge in [0.1, 0.15) is 0 Å². The van der Waals surface area contributed by atoms with Crippen LogP contribution in [0.3, 0.4) is 0 Å². The molecule has 0 saturated carbocycles. The lowest BCUT2D eigenvalue weighted by Gasteiger charge is -2.10. The average Bonchev–Trinajstić information content (AvgIpc) is 2.29. The molecule has 0 fully saturated rings. The van der Waals surface area contributed by atoms with Crippen LogP contribution in [-0.4, -0.2) is 27.0 Å². The van der Waals surface area contributed by atoms with Crippen molar-refractivity contribution in [1.29, 1.82) is 0 Å². The Balaban J connectivity index is 2.91. The van der Waals surface area contributed by atoms with E-state index in [0.29, 0.717) is 21.7 Å². The molecule has 0 heterocycles. The third kappa shape index (κ3) is 4.31. The molecular formula is C10H14BrClN2O2S2. The van der Waals surface area contributed by atoms with Gasteiger partial charge < -0.3 is 5.73 Å². The smallest absolute Gasteiger partial charge is 0.241 e. The fourth-order valence-corrected chi connectivity index (χ4v) is 4.08. The summed E-state index contributed by atoms with van der Waals surface area (Å²) in [5.41, 5.74) is 5.97. The number of nitrogens with two attached hydrogens (primary N) is 1. The van der Waals surface area contributed by atoms with Gasteiger partial charge in [0.25, 0.3) is 0 Å². The van der Waals surface area contributed by atoms with Crippen LogP contribution in [0.25, 0.3) is 0 Å². The van der Waals surface area contributed by atoms with Crippen molar-refractivity contribution < 1.29 is 8.42 Å². The molecule has 0 unspecified atom stereocenters. The van der Waals surface area contributed by atoms with Gasteiger partial charge in [0.05, 0.1) is 9.37 Å². The molecule has 0 bridgehead atoms. The van der Waals surface area contributed by atoms with E-state index in [1.807, 2.05) is 6.26 Å². The van der Waals surface area contributed by atoms with Gasteiger partial charge in [0, 0.05) is 17.3 Å². The molecule has 4 nitrogen and oxygen atoms in total. The Labute approximate surface area is 125 Å². The van der Waals surface area contributed by atoms with E-state index < -0.39 is 10.0 Å². The monoisotopic (exact) mass is 372 g/mol. The van der Waals surface area contributed by atoms with Crippen molar-refractivity contribution in [2.24, 2.45) is 0 Å². The fraction of sp³-hybridized carbons (Fsp3) is 0.400. The second-order valence-corrected chi connectivity index (χ2v) is 7.50. The van der Waals surface area contributed by atoms with Gasteiger partial charge in [-0.1, -0.05) is 11.6 Å². The van der Waals surface area contributed by atoms with Gasteiger partial charge >= 0.3 is 0 Å². The van der Waals surface area contributed by atoms with Gasteiger partial charge in [-0.05, 0) is 46.5 Å². The SMILES string of the molecule is CSCCCNS(=O)(=O)c1cc(Cl)cc(N)c1Br. The minimum absolute atomic E-state index is 0.0663. The highest BCUT2D eigenvalue weighted by atomic mass is 79.9. The van der Waals surface area contributed by atoms with Crippen LogP contribution in [-0.2, 0) is 10.0 Å². The Bertz CT molecular complexity index is 523. The van der Waals surface area contributed by atoms with E-state index in [0.717, 1.165) is 12.2 Å². The second kappa shape index (κ2) is 7.00. The Morgan fingerprint density at radius 3 is 2.78 bits per heavy atom. The lowest BCUT2D eigenvalue weighted by atomic mass is 10.3. The minimum atomic E-state index is -3.59. The molecule has 0 aliphatic carbocycles. The predicted molar refractivity (Wildman–Crippen MR) is 81.8 cm³/mol. The Hall–Kier alpha value is 0.0500. The average molecular weight is 374 g/mol. The first-order valence-corrected chi connectivity index (χ1v) is 9.16. The number of halogens is 2. The highest BCUT2D eigenvalue weighted by Gasteiger charge is 2.19. The number of nitrogens with one attached hydrogen (secondary N) is 1. The summed E-state index contributed by atoms with van der Waals surface area (Å²) >= 11 is 10.7. The van der Waals surface area contributed by atoms with E-state index in [1.165, 1.54) is 12.1 Å². The van der Waals surface area contributed by atoms with Gasteiger partial charge in [0.2, 0.25) is 10.0 Å². The van der Waals surface area contributed by atoms with Crippen LogP contribution in [0.4, 0.5) is 5.69 Å². The largest absolute Gasteiger partial charge is 0.398 e. The standard InChI is InChI=1S/C10H14BrClN2O2S2/c1-17-4-2-3-14-18(15,16)9-6-7(12)5-8(13)10(9)11/h5-6,14H,2-4,13H2,1H3. The van der Waals surface area contributed by atoms with Crippen LogP contribution in [0, 0.1) is 0 Å². The van der Waals surface area contributed by atoms with Crippen molar-refractivity contribution >= 4 is 55.0 Å². The maximum atomic E-state index is 12.1. The molecule has 0 saturated heterocycles. The summed E-state index contributed by atoms with van der Waals surface area (Å²) in [6, 6.07) is 2.87. The van der Waals surface area contributed by atoms with E-state index in [2.05, 4.69) is 20.7 Å². The zero-order chi connectivity index (χ0) is 13.8. The summed E-state index contributed by atoms with van der Waals surface area (Å²) in [6.07, 6.45) is 2.75. The molecule has 1 aromatic carbocycles. The quantitative estimate of drug-likeness (QED) is 0.594. The fourth-order valence-electron chi connectivity index (χ4n) is 1.28. The molecule has 0 aliphatic rings. The molecule has 1 rings (SSSR count). The normalized spacial score (nSPS) is 11.7. The summed E-state index contributed by atoms with van der Waals surface area (Å²) in [5.74, 6) is 0.904. The maximum Gasteiger partial charge on any atom is 0.241 e. The number of anilines is 1. The first-order chi connectivity index (χ1) is 8.38. The van der Waals surface area contributed by atoms with Gasteiger partial charge in [-0.25, -0.2) is 13.1 Å². The molecule has 0 amide bonds. The number of hydrogen-bond donors (Lipinski definition) is 2. The van der Waals surface area contributed by atoms with Crippen LogP contribution in [0.5, 0.6) is 0 Å². The maximum absolute atomic E-state index is 12.1. The zero-order valence-electron chi connectivity index (χ0n) is 9.74. The van der Waals surface area contributed by atoms with Crippen LogP contribution in [0.15, 0.2) is 21.5 Å². The molecule has 1 aromatic rings. The summed E-state index contributed by atoms with van der Waals surface area (Å²) in [5, 5.41) is 0.292. The minimum Gasteiger partial charge on any atom is -0.398 e. The number of hydrogen-bond acceptors (Lipinski definition) is 4. The molecule has 0 aliphatic heterocycles. The number of sulfonamides is 1. The molecule has 18 heavy (non-hydrogen) atoms. The molecule has 8 heteroatoms. The van der Waals surface area contributed by atoms with Crippen LogP contribution in [0.1, 0.15) is 6.42 Å². The summed E-state index contributed by atoms with van der Waals surface area (Å²) < 4.78 is 27.0. The first kappa shape index (κ1) is 16.1. The third-order valence-corrected chi connectivity index (χ3v) is 5.69. The second-order valence-electron chi connectivity index (χ2n) is 3.55. The highest BCUT2D eigenvalue weighted by molar-refractivity contribution is 9.10. The predicted octanol–water partition coefficient (Wildman–Crippen LogP) is 2.72. The van der Waals surface area contributed by atoms with Gasteiger partial charge in [-0.15, -0.1) is 0 Å². The number of thioether (sulfide) groups is 1. The summed E-state index contributed by atoms with van der Waals surface area (Å²) in [6.45, 7) is 0.391. The Morgan fingerprint density at radius 2 is 2.17 bits per heavy atom. The molecular weight excluding hydrogens is 360 g/mol. The number of nitrogen functional groups attached to an aromatic ring is 1. The molecule has 0 atom stereocenters. The summed E-state index contributed by atoms with van der Waals surface area (Å²) in [7, 11) is -3.59. The lowest BCUT2D eigenvalue weighted by Crippen LogP contribution is -2.25. The van der Waals surface area contributed by atoms with Crippen molar-refractivity contribution in [3.05, 3.63) is 21.6 Å². The zero-order valence-corrected chi connectivity index (χ0v) is 13.7. The lowest BCUT2D eigenvalue weighted by molar-refractivity contribution is 0.580. The Kier molecular flexibility index (Phi) is 6.26. The number of rotatable bonds is 6. The van der Waals surface area contributed by atoms with Crippen LogP contribution < -0.4 is 10.5 Å². The van der Waals surface area contributed by atoms with Gasteiger partial charge in [0.15, 0.2) is 0 Å². The van der Waals surface area contributed by atoms with Crippen molar-refractivity contribution in [3.63, 3.8) is 0 Å². The molecule has 0 aromatic heterocycles. The van der Waals surface area contributed by atoms with E-state index in [-0.39, 0.29) is 4.90 Å². The van der Waals surface area contributed by atoms with Crippen molar-refractivity contribution in [2.75, 3.05) is 24.3 Å². The molecule has 0 radical (unpaired) electrons. The molecule has 102 valence electrons. The number of benzene rings is 1. The van der Waals surface area contributed by atoms with Crippen molar-refractivity contribution in [1.82, 2.24) is 4.72 Å². The van der Waals surface area contributed by atoms with Gasteiger partial charge in [-0.2, -0.15) is 11.8 Å².